The summed E-state index contributed by atoms with van der Waals surface area (Å²) in [6, 6.07) is 9.94. The fraction of sp³-hybridized carbons (Fsp3) is 0.333. The summed E-state index contributed by atoms with van der Waals surface area (Å²) in [5.74, 6) is -0.242. The van der Waals surface area contributed by atoms with Crippen molar-refractivity contribution < 1.29 is 31.1 Å². The number of unbranched alkanes of at least 4 members (excludes halogenated alkanes) is 1. The fourth-order valence-corrected chi connectivity index (χ4v) is 2.34. The van der Waals surface area contributed by atoms with Crippen molar-refractivity contribution in [3.05, 3.63) is 65.2 Å². The fourth-order valence-electron chi connectivity index (χ4n) is 2.34. The molecule has 0 radical (unpaired) electrons. The summed E-state index contributed by atoms with van der Waals surface area (Å²) in [7, 11) is 0. The van der Waals surface area contributed by atoms with Crippen LogP contribution in [0.2, 0.25) is 0 Å². The minimum absolute atomic E-state index is 0.0616. The number of hydrogen-bond donors (Lipinski definition) is 0. The van der Waals surface area contributed by atoms with Crippen LogP contribution in [-0.4, -0.2) is 6.61 Å². The van der Waals surface area contributed by atoms with Gasteiger partial charge in [-0.25, -0.2) is 0 Å². The molecule has 25 heavy (non-hydrogen) atoms. The Bertz CT molecular complexity index is 690. The molecule has 0 atom stereocenters. The van der Waals surface area contributed by atoms with Crippen molar-refractivity contribution in [1.29, 1.82) is 0 Å². The molecule has 2 aromatic carbocycles. The van der Waals surface area contributed by atoms with Gasteiger partial charge in [0.15, 0.2) is 0 Å². The molecule has 0 aromatic heterocycles. The minimum atomic E-state index is -4.49. The van der Waals surface area contributed by atoms with E-state index in [1.54, 1.807) is 6.07 Å². The highest BCUT2D eigenvalue weighted by atomic mass is 19.4. The minimum Gasteiger partial charge on any atom is -0.493 e. The first-order chi connectivity index (χ1) is 11.7. The number of ether oxygens (including phenoxy) is 1. The maximum Gasteiger partial charge on any atom is 0.419 e. The second-order valence-electron chi connectivity index (χ2n) is 5.50. The van der Waals surface area contributed by atoms with E-state index in [2.05, 4.69) is 0 Å². The second-order valence-corrected chi connectivity index (χ2v) is 5.50. The van der Waals surface area contributed by atoms with E-state index < -0.39 is 23.5 Å². The molecule has 0 spiro atoms. The average molecular weight is 362 g/mol. The molecule has 136 valence electrons. The molecule has 0 saturated carbocycles. The van der Waals surface area contributed by atoms with Crippen molar-refractivity contribution in [3.63, 3.8) is 0 Å². The zero-order valence-corrected chi connectivity index (χ0v) is 13.1. The maximum atomic E-state index is 12.8. The Hall–Kier alpha value is -2.18. The standard InChI is InChI=1S/C18H16F6O/c19-17(20,21)14-8-5-7-13(12-14)6-3-4-11-25-16-10-2-1-9-15(16)18(22,23)24/h1-2,5,7-10,12H,3-4,6,11H2. The Morgan fingerprint density at radius 1 is 0.760 bits per heavy atom. The van der Waals surface area contributed by atoms with Gasteiger partial charge >= 0.3 is 12.4 Å². The molecular weight excluding hydrogens is 346 g/mol. The lowest BCUT2D eigenvalue weighted by Crippen LogP contribution is -2.09. The van der Waals surface area contributed by atoms with Gasteiger partial charge in [-0.05, 0) is 43.0 Å². The lowest BCUT2D eigenvalue weighted by Gasteiger charge is -2.13. The van der Waals surface area contributed by atoms with Crippen LogP contribution >= 0.6 is 0 Å². The van der Waals surface area contributed by atoms with E-state index in [0.29, 0.717) is 24.8 Å². The SMILES string of the molecule is FC(F)(F)c1cccc(CCCCOc2ccccc2C(F)(F)F)c1. The normalized spacial score (nSPS) is 12.2. The summed E-state index contributed by atoms with van der Waals surface area (Å²) in [6.45, 7) is 0.0616. The molecule has 0 amide bonds. The zero-order chi connectivity index (χ0) is 18.5. The van der Waals surface area contributed by atoms with E-state index in [9.17, 15) is 26.3 Å². The Morgan fingerprint density at radius 2 is 1.48 bits per heavy atom. The predicted octanol–water partition coefficient (Wildman–Crippen LogP) is 6.13. The number of rotatable bonds is 6. The van der Waals surface area contributed by atoms with Gasteiger partial charge in [0.25, 0.3) is 0 Å². The molecule has 0 bridgehead atoms. The molecule has 2 rings (SSSR count). The van der Waals surface area contributed by atoms with Gasteiger partial charge in [-0.2, -0.15) is 26.3 Å². The smallest absolute Gasteiger partial charge is 0.419 e. The van der Waals surface area contributed by atoms with Gasteiger partial charge in [-0.15, -0.1) is 0 Å². The summed E-state index contributed by atoms with van der Waals surface area (Å²) >= 11 is 0. The molecule has 1 nitrogen and oxygen atoms in total. The summed E-state index contributed by atoms with van der Waals surface area (Å²) < 4.78 is 81.5. The van der Waals surface area contributed by atoms with Crippen LogP contribution in [0, 0.1) is 0 Å². The van der Waals surface area contributed by atoms with Crippen LogP contribution in [0.5, 0.6) is 5.75 Å². The molecule has 0 aliphatic heterocycles. The predicted molar refractivity (Wildman–Crippen MR) is 81.3 cm³/mol. The monoisotopic (exact) mass is 362 g/mol. The van der Waals surface area contributed by atoms with Crippen molar-refractivity contribution in [2.45, 2.75) is 31.6 Å². The molecule has 7 heteroatoms. The van der Waals surface area contributed by atoms with Gasteiger partial charge in [0.1, 0.15) is 5.75 Å². The topological polar surface area (TPSA) is 9.23 Å². The lowest BCUT2D eigenvalue weighted by molar-refractivity contribution is -0.139. The highest BCUT2D eigenvalue weighted by molar-refractivity contribution is 5.35. The molecule has 0 unspecified atom stereocenters. The molecule has 0 aliphatic rings. The summed E-state index contributed by atoms with van der Waals surface area (Å²) in [5.41, 5.74) is -1.02. The summed E-state index contributed by atoms with van der Waals surface area (Å²) in [5, 5.41) is 0. The molecular formula is C18H16F6O. The van der Waals surface area contributed by atoms with Crippen LogP contribution in [0.1, 0.15) is 29.5 Å². The second kappa shape index (κ2) is 7.80. The van der Waals surface area contributed by atoms with Crippen LogP contribution in [0.15, 0.2) is 48.5 Å². The number of para-hydroxylation sites is 1. The summed E-state index contributed by atoms with van der Waals surface area (Å²) in [6.07, 6.45) is -7.54. The van der Waals surface area contributed by atoms with Crippen LogP contribution < -0.4 is 4.74 Å². The van der Waals surface area contributed by atoms with Gasteiger partial charge in [-0.3, -0.25) is 0 Å². The molecule has 0 saturated heterocycles. The molecule has 0 fully saturated rings. The lowest BCUT2D eigenvalue weighted by atomic mass is 10.1. The largest absolute Gasteiger partial charge is 0.493 e. The third-order valence-corrected chi connectivity index (χ3v) is 3.56. The highest BCUT2D eigenvalue weighted by Crippen LogP contribution is 2.36. The van der Waals surface area contributed by atoms with Crippen molar-refractivity contribution in [2.75, 3.05) is 6.61 Å². The van der Waals surface area contributed by atoms with E-state index in [4.69, 9.17) is 4.74 Å². The number of hydrogen-bond acceptors (Lipinski definition) is 1. The average Bonchev–Trinajstić information content (AvgIpc) is 2.53. The Balaban J connectivity index is 1.83. The van der Waals surface area contributed by atoms with Gasteiger partial charge in [0.05, 0.1) is 17.7 Å². The van der Waals surface area contributed by atoms with Crippen molar-refractivity contribution >= 4 is 0 Å². The Labute approximate surface area is 141 Å². The van der Waals surface area contributed by atoms with Gasteiger partial charge < -0.3 is 4.74 Å². The molecule has 2 aromatic rings. The maximum absolute atomic E-state index is 12.8. The van der Waals surface area contributed by atoms with E-state index >= 15 is 0 Å². The van der Waals surface area contributed by atoms with Crippen LogP contribution in [0.25, 0.3) is 0 Å². The van der Waals surface area contributed by atoms with E-state index in [1.807, 2.05) is 0 Å². The number of aryl methyl sites for hydroxylation is 1. The molecule has 0 aliphatic carbocycles. The van der Waals surface area contributed by atoms with Crippen LogP contribution in [0.3, 0.4) is 0 Å². The first-order valence-electron chi connectivity index (χ1n) is 7.63. The quantitative estimate of drug-likeness (QED) is 0.444. The third kappa shape index (κ3) is 5.69. The Morgan fingerprint density at radius 3 is 2.16 bits per heavy atom. The van der Waals surface area contributed by atoms with Gasteiger partial charge in [0, 0.05) is 0 Å². The van der Waals surface area contributed by atoms with Gasteiger partial charge in [0.2, 0.25) is 0 Å². The number of alkyl halides is 6. The first kappa shape index (κ1) is 19.1. The number of halogens is 6. The van der Waals surface area contributed by atoms with Gasteiger partial charge in [-0.1, -0.05) is 30.3 Å². The van der Waals surface area contributed by atoms with Crippen molar-refractivity contribution in [2.24, 2.45) is 0 Å². The van der Waals surface area contributed by atoms with Crippen molar-refractivity contribution in [3.8, 4) is 5.75 Å². The summed E-state index contributed by atoms with van der Waals surface area (Å²) in [4.78, 5) is 0. The number of benzene rings is 2. The first-order valence-corrected chi connectivity index (χ1v) is 7.63. The zero-order valence-electron chi connectivity index (χ0n) is 13.1. The van der Waals surface area contributed by atoms with Crippen LogP contribution in [0.4, 0.5) is 26.3 Å². The van der Waals surface area contributed by atoms with Crippen LogP contribution in [-0.2, 0) is 18.8 Å². The molecule has 0 N–H and O–H groups in total. The van der Waals surface area contributed by atoms with E-state index in [1.165, 1.54) is 24.3 Å². The highest BCUT2D eigenvalue weighted by Gasteiger charge is 2.34. The van der Waals surface area contributed by atoms with E-state index in [-0.39, 0.29) is 12.4 Å². The third-order valence-electron chi connectivity index (χ3n) is 3.56. The van der Waals surface area contributed by atoms with Crippen molar-refractivity contribution in [1.82, 2.24) is 0 Å². The molecule has 0 heterocycles. The van der Waals surface area contributed by atoms with E-state index in [0.717, 1.165) is 18.2 Å². The Kier molecular flexibility index (Phi) is 5.98.